The molecule has 0 aliphatic carbocycles. The summed E-state index contributed by atoms with van der Waals surface area (Å²) in [5.41, 5.74) is 7.72. The molecule has 0 fully saturated rings. The first-order valence-electron chi connectivity index (χ1n) is 6.54. The molecular formula is C17H20ClN. The van der Waals surface area contributed by atoms with Crippen LogP contribution in [0.25, 0.3) is 11.1 Å². The van der Waals surface area contributed by atoms with Gasteiger partial charge in [-0.3, -0.25) is 0 Å². The van der Waals surface area contributed by atoms with Crippen molar-refractivity contribution in [1.82, 2.24) is 5.32 Å². The summed E-state index contributed by atoms with van der Waals surface area (Å²) in [6.45, 7) is 7.31. The van der Waals surface area contributed by atoms with Crippen LogP contribution in [0.3, 0.4) is 0 Å². The summed E-state index contributed by atoms with van der Waals surface area (Å²) in [6.07, 6.45) is 0. The van der Waals surface area contributed by atoms with Crippen molar-refractivity contribution < 1.29 is 0 Å². The molecule has 2 rings (SSSR count). The standard InChI is InChI=1S/C17H20ClN/c1-11-7-13(3)16(8-12(11)2)17-9-15(18)6-5-14(17)10-19-4/h5-9,19H,10H2,1-4H3. The van der Waals surface area contributed by atoms with Crippen LogP contribution in [0.4, 0.5) is 0 Å². The third kappa shape index (κ3) is 2.99. The van der Waals surface area contributed by atoms with E-state index in [1.807, 2.05) is 13.1 Å². The lowest BCUT2D eigenvalue weighted by Crippen LogP contribution is -2.06. The zero-order valence-electron chi connectivity index (χ0n) is 12.0. The molecule has 0 bridgehead atoms. The largest absolute Gasteiger partial charge is 0.316 e. The Morgan fingerprint density at radius 3 is 2.26 bits per heavy atom. The molecular weight excluding hydrogens is 254 g/mol. The van der Waals surface area contributed by atoms with Crippen molar-refractivity contribution in [3.8, 4) is 11.1 Å². The minimum atomic E-state index is 0.785. The quantitative estimate of drug-likeness (QED) is 0.858. The second kappa shape index (κ2) is 5.77. The van der Waals surface area contributed by atoms with Gasteiger partial charge in [0.25, 0.3) is 0 Å². The summed E-state index contributed by atoms with van der Waals surface area (Å²) >= 11 is 6.17. The molecule has 1 N–H and O–H groups in total. The van der Waals surface area contributed by atoms with Crippen molar-refractivity contribution in [1.29, 1.82) is 0 Å². The Morgan fingerprint density at radius 2 is 1.58 bits per heavy atom. The van der Waals surface area contributed by atoms with Crippen LogP contribution in [0.15, 0.2) is 30.3 Å². The van der Waals surface area contributed by atoms with Crippen LogP contribution in [-0.4, -0.2) is 7.05 Å². The first kappa shape index (κ1) is 14.1. The second-order valence-electron chi connectivity index (χ2n) is 5.08. The number of benzene rings is 2. The van der Waals surface area contributed by atoms with Gasteiger partial charge in [0.15, 0.2) is 0 Å². The third-order valence-corrected chi connectivity index (χ3v) is 3.81. The van der Waals surface area contributed by atoms with E-state index >= 15 is 0 Å². The molecule has 2 aromatic rings. The minimum Gasteiger partial charge on any atom is -0.316 e. The van der Waals surface area contributed by atoms with Crippen LogP contribution < -0.4 is 5.32 Å². The van der Waals surface area contributed by atoms with Gasteiger partial charge >= 0.3 is 0 Å². The van der Waals surface area contributed by atoms with E-state index in [4.69, 9.17) is 11.6 Å². The highest BCUT2D eigenvalue weighted by Gasteiger charge is 2.09. The first-order chi connectivity index (χ1) is 9.02. The number of hydrogen-bond acceptors (Lipinski definition) is 1. The maximum atomic E-state index is 6.17. The first-order valence-corrected chi connectivity index (χ1v) is 6.92. The van der Waals surface area contributed by atoms with Gasteiger partial charge in [-0.2, -0.15) is 0 Å². The molecule has 0 unspecified atom stereocenters. The average molecular weight is 274 g/mol. The van der Waals surface area contributed by atoms with Gasteiger partial charge in [0.2, 0.25) is 0 Å². The van der Waals surface area contributed by atoms with Gasteiger partial charge in [-0.1, -0.05) is 29.8 Å². The zero-order valence-corrected chi connectivity index (χ0v) is 12.7. The Morgan fingerprint density at radius 1 is 0.895 bits per heavy atom. The number of nitrogens with one attached hydrogen (secondary N) is 1. The number of halogens is 1. The maximum absolute atomic E-state index is 6.17. The molecule has 0 radical (unpaired) electrons. The summed E-state index contributed by atoms with van der Waals surface area (Å²) in [6, 6.07) is 10.6. The van der Waals surface area contributed by atoms with Crippen LogP contribution in [0.5, 0.6) is 0 Å². The van der Waals surface area contributed by atoms with Gasteiger partial charge in [0, 0.05) is 11.6 Å². The molecule has 0 aliphatic rings. The Bertz CT molecular complexity index is 602. The SMILES string of the molecule is CNCc1ccc(Cl)cc1-c1cc(C)c(C)cc1C. The summed E-state index contributed by atoms with van der Waals surface area (Å²) in [5, 5.41) is 4.00. The molecule has 0 amide bonds. The van der Waals surface area contributed by atoms with Crippen molar-refractivity contribution in [2.75, 3.05) is 7.05 Å². The summed E-state index contributed by atoms with van der Waals surface area (Å²) in [4.78, 5) is 0. The lowest BCUT2D eigenvalue weighted by Gasteiger charge is -2.14. The van der Waals surface area contributed by atoms with Crippen molar-refractivity contribution in [3.05, 3.63) is 57.6 Å². The highest BCUT2D eigenvalue weighted by Crippen LogP contribution is 2.31. The van der Waals surface area contributed by atoms with Gasteiger partial charge in [-0.25, -0.2) is 0 Å². The Hall–Kier alpha value is -1.31. The predicted molar refractivity (Wildman–Crippen MR) is 83.9 cm³/mol. The van der Waals surface area contributed by atoms with Crippen molar-refractivity contribution in [2.24, 2.45) is 0 Å². The maximum Gasteiger partial charge on any atom is 0.0412 e. The van der Waals surface area contributed by atoms with Crippen molar-refractivity contribution in [3.63, 3.8) is 0 Å². The van der Waals surface area contributed by atoms with E-state index in [0.717, 1.165) is 11.6 Å². The van der Waals surface area contributed by atoms with Gasteiger partial charge in [0.05, 0.1) is 0 Å². The molecule has 2 heteroatoms. The van der Waals surface area contributed by atoms with Crippen molar-refractivity contribution in [2.45, 2.75) is 27.3 Å². The predicted octanol–water partition coefficient (Wildman–Crippen LogP) is 4.65. The van der Waals surface area contributed by atoms with Crippen LogP contribution in [-0.2, 0) is 6.54 Å². The number of aryl methyl sites for hydroxylation is 3. The fourth-order valence-electron chi connectivity index (χ4n) is 2.39. The normalized spacial score (nSPS) is 10.8. The lowest BCUT2D eigenvalue weighted by molar-refractivity contribution is 0.819. The molecule has 2 aromatic carbocycles. The van der Waals surface area contributed by atoms with E-state index in [-0.39, 0.29) is 0 Å². The number of hydrogen-bond donors (Lipinski definition) is 1. The lowest BCUT2D eigenvalue weighted by atomic mass is 9.92. The van der Waals surface area contributed by atoms with Gasteiger partial charge < -0.3 is 5.32 Å². The minimum absolute atomic E-state index is 0.785. The molecule has 0 heterocycles. The van der Waals surface area contributed by atoms with E-state index in [9.17, 15) is 0 Å². The van der Waals surface area contributed by atoms with E-state index in [2.05, 4.69) is 50.4 Å². The highest BCUT2D eigenvalue weighted by molar-refractivity contribution is 6.30. The molecule has 1 nitrogen and oxygen atoms in total. The Kier molecular flexibility index (Phi) is 4.28. The van der Waals surface area contributed by atoms with E-state index in [1.165, 1.54) is 33.4 Å². The third-order valence-electron chi connectivity index (χ3n) is 3.57. The Balaban J connectivity index is 2.63. The molecule has 100 valence electrons. The molecule has 0 saturated heterocycles. The fraction of sp³-hybridized carbons (Fsp3) is 0.294. The summed E-state index contributed by atoms with van der Waals surface area (Å²) in [7, 11) is 1.96. The van der Waals surface area contributed by atoms with E-state index in [1.54, 1.807) is 0 Å². The van der Waals surface area contributed by atoms with Crippen molar-refractivity contribution >= 4 is 11.6 Å². The van der Waals surface area contributed by atoms with Crippen LogP contribution in [0, 0.1) is 20.8 Å². The second-order valence-corrected chi connectivity index (χ2v) is 5.52. The monoisotopic (exact) mass is 273 g/mol. The molecule has 19 heavy (non-hydrogen) atoms. The van der Waals surface area contributed by atoms with Crippen LogP contribution >= 0.6 is 11.6 Å². The van der Waals surface area contributed by atoms with Gasteiger partial charge in [0.1, 0.15) is 0 Å². The highest BCUT2D eigenvalue weighted by atomic mass is 35.5. The van der Waals surface area contributed by atoms with Crippen LogP contribution in [0.2, 0.25) is 5.02 Å². The topological polar surface area (TPSA) is 12.0 Å². The van der Waals surface area contributed by atoms with Crippen LogP contribution in [0.1, 0.15) is 22.3 Å². The fourth-order valence-corrected chi connectivity index (χ4v) is 2.57. The molecule has 0 aromatic heterocycles. The summed E-state index contributed by atoms with van der Waals surface area (Å²) < 4.78 is 0. The van der Waals surface area contributed by atoms with E-state index in [0.29, 0.717) is 0 Å². The zero-order chi connectivity index (χ0) is 14.0. The van der Waals surface area contributed by atoms with Gasteiger partial charge in [-0.15, -0.1) is 0 Å². The Labute approximate surface area is 120 Å². The molecule has 0 atom stereocenters. The molecule has 0 saturated carbocycles. The summed E-state index contributed by atoms with van der Waals surface area (Å²) in [5.74, 6) is 0. The van der Waals surface area contributed by atoms with Gasteiger partial charge in [-0.05, 0) is 73.3 Å². The average Bonchev–Trinajstić information content (AvgIpc) is 2.36. The smallest absolute Gasteiger partial charge is 0.0412 e. The molecule has 0 aliphatic heterocycles. The van der Waals surface area contributed by atoms with E-state index < -0.39 is 0 Å². The molecule has 0 spiro atoms. The number of rotatable bonds is 3.